The van der Waals surface area contributed by atoms with Crippen molar-refractivity contribution in [3.63, 3.8) is 0 Å². The molecule has 1 aliphatic carbocycles. The van der Waals surface area contributed by atoms with Crippen molar-refractivity contribution in [3.05, 3.63) is 0 Å². The number of nitrogens with zero attached hydrogens (tertiary/aromatic N) is 3. The van der Waals surface area contributed by atoms with Gasteiger partial charge in [-0.2, -0.15) is 0 Å². The summed E-state index contributed by atoms with van der Waals surface area (Å²) in [4.78, 5) is 30.8. The fraction of sp³-hybridized carbons (Fsp3) is 0.909. The fourth-order valence-corrected chi connectivity index (χ4v) is 6.34. The van der Waals surface area contributed by atoms with Crippen molar-refractivity contribution in [1.29, 1.82) is 0 Å². The number of piperidine rings is 2. The normalized spacial score (nSPS) is 34.5. The van der Waals surface area contributed by atoms with E-state index in [9.17, 15) is 9.59 Å². The number of carbonyl (C=O) groups excluding carboxylic acids is 2. The monoisotopic (exact) mass is 391 g/mol. The third-order valence-electron chi connectivity index (χ3n) is 7.89. The second-order valence-corrected chi connectivity index (χ2v) is 9.58. The first kappa shape index (κ1) is 20.0. The first-order chi connectivity index (χ1) is 13.5. The summed E-state index contributed by atoms with van der Waals surface area (Å²) in [6.07, 6.45) is 9.56. The Morgan fingerprint density at radius 3 is 2.46 bits per heavy atom. The van der Waals surface area contributed by atoms with Crippen molar-refractivity contribution in [2.75, 3.05) is 39.3 Å². The van der Waals surface area contributed by atoms with E-state index in [1.54, 1.807) is 6.92 Å². The molecule has 3 aliphatic heterocycles. The van der Waals surface area contributed by atoms with E-state index in [0.717, 1.165) is 26.1 Å². The maximum Gasteiger partial charge on any atom is 0.409 e. The number of ether oxygens (including phenoxy) is 1. The van der Waals surface area contributed by atoms with Gasteiger partial charge in [0.15, 0.2) is 0 Å². The van der Waals surface area contributed by atoms with Crippen LogP contribution in [0.4, 0.5) is 4.79 Å². The van der Waals surface area contributed by atoms with Crippen LogP contribution >= 0.6 is 0 Å². The lowest BCUT2D eigenvalue weighted by molar-refractivity contribution is -0.134. The molecule has 0 radical (unpaired) electrons. The van der Waals surface area contributed by atoms with Gasteiger partial charge in [0.25, 0.3) is 0 Å². The molecule has 1 saturated carbocycles. The number of likely N-dealkylation sites (tertiary alicyclic amines) is 3. The number of hydrogen-bond acceptors (Lipinski definition) is 4. The summed E-state index contributed by atoms with van der Waals surface area (Å²) in [6.45, 7) is 9.12. The van der Waals surface area contributed by atoms with Crippen LogP contribution in [0.3, 0.4) is 0 Å². The standard InChI is InChI=1S/C22H37N3O3/c1-3-28-21(27)24-13-9-22(16-24)14-19(15-22)23-11-7-18(8-12-23)20-6-4-5-10-25(20)17(2)26/h18-20H,3-16H2,1-2H3. The van der Waals surface area contributed by atoms with Crippen LogP contribution in [0.1, 0.15) is 65.2 Å². The Morgan fingerprint density at radius 2 is 1.79 bits per heavy atom. The molecular weight excluding hydrogens is 354 g/mol. The molecule has 0 bridgehead atoms. The molecule has 158 valence electrons. The van der Waals surface area contributed by atoms with Gasteiger partial charge in [-0.1, -0.05) is 0 Å². The van der Waals surface area contributed by atoms with Gasteiger partial charge in [0.05, 0.1) is 6.61 Å². The first-order valence-electron chi connectivity index (χ1n) is 11.4. The molecule has 4 fully saturated rings. The lowest BCUT2D eigenvalue weighted by atomic mass is 9.64. The van der Waals surface area contributed by atoms with E-state index in [1.165, 1.54) is 58.0 Å². The summed E-state index contributed by atoms with van der Waals surface area (Å²) >= 11 is 0. The zero-order chi connectivity index (χ0) is 19.7. The van der Waals surface area contributed by atoms with E-state index in [4.69, 9.17) is 4.74 Å². The van der Waals surface area contributed by atoms with Crippen molar-refractivity contribution in [2.45, 2.75) is 77.3 Å². The topological polar surface area (TPSA) is 53.1 Å². The molecule has 6 nitrogen and oxygen atoms in total. The fourth-order valence-electron chi connectivity index (χ4n) is 6.34. The van der Waals surface area contributed by atoms with E-state index in [0.29, 0.717) is 30.0 Å². The van der Waals surface area contributed by atoms with Crippen molar-refractivity contribution < 1.29 is 14.3 Å². The second kappa shape index (κ2) is 8.21. The van der Waals surface area contributed by atoms with Crippen molar-refractivity contribution in [1.82, 2.24) is 14.7 Å². The Hall–Kier alpha value is -1.30. The van der Waals surface area contributed by atoms with Gasteiger partial charge in [0, 0.05) is 38.6 Å². The van der Waals surface area contributed by atoms with Crippen LogP contribution in [-0.2, 0) is 9.53 Å². The van der Waals surface area contributed by atoms with E-state index in [-0.39, 0.29) is 12.0 Å². The summed E-state index contributed by atoms with van der Waals surface area (Å²) in [5.74, 6) is 0.945. The predicted octanol–water partition coefficient (Wildman–Crippen LogP) is 3.11. The minimum Gasteiger partial charge on any atom is -0.450 e. The molecule has 28 heavy (non-hydrogen) atoms. The smallest absolute Gasteiger partial charge is 0.409 e. The van der Waals surface area contributed by atoms with Crippen LogP contribution < -0.4 is 0 Å². The van der Waals surface area contributed by atoms with Crippen LogP contribution in [0.15, 0.2) is 0 Å². The minimum atomic E-state index is -0.133. The molecule has 2 amide bonds. The molecule has 0 aromatic rings. The van der Waals surface area contributed by atoms with Gasteiger partial charge in [-0.05, 0) is 82.7 Å². The molecule has 4 aliphatic rings. The zero-order valence-electron chi connectivity index (χ0n) is 17.7. The van der Waals surface area contributed by atoms with Crippen LogP contribution in [0, 0.1) is 11.3 Å². The van der Waals surface area contributed by atoms with Gasteiger partial charge in [-0.25, -0.2) is 4.79 Å². The van der Waals surface area contributed by atoms with Crippen LogP contribution in [0.2, 0.25) is 0 Å². The molecule has 0 aromatic carbocycles. The van der Waals surface area contributed by atoms with E-state index in [2.05, 4.69) is 9.80 Å². The summed E-state index contributed by atoms with van der Waals surface area (Å²) in [7, 11) is 0. The van der Waals surface area contributed by atoms with Crippen LogP contribution in [-0.4, -0.2) is 78.1 Å². The highest BCUT2D eigenvalue weighted by molar-refractivity contribution is 5.73. The van der Waals surface area contributed by atoms with Crippen LogP contribution in [0.25, 0.3) is 0 Å². The third-order valence-corrected chi connectivity index (χ3v) is 7.89. The Bertz CT molecular complexity index is 582. The highest BCUT2D eigenvalue weighted by Crippen LogP contribution is 2.51. The Kier molecular flexibility index (Phi) is 5.86. The average molecular weight is 392 g/mol. The Morgan fingerprint density at radius 1 is 1.04 bits per heavy atom. The van der Waals surface area contributed by atoms with Crippen molar-refractivity contribution in [3.8, 4) is 0 Å². The first-order valence-corrected chi connectivity index (χ1v) is 11.4. The summed E-state index contributed by atoms with van der Waals surface area (Å²) in [5.41, 5.74) is 0.350. The van der Waals surface area contributed by atoms with E-state index >= 15 is 0 Å². The van der Waals surface area contributed by atoms with E-state index < -0.39 is 0 Å². The van der Waals surface area contributed by atoms with Gasteiger partial charge in [0.2, 0.25) is 5.91 Å². The minimum absolute atomic E-state index is 0.133. The highest BCUT2D eigenvalue weighted by atomic mass is 16.6. The highest BCUT2D eigenvalue weighted by Gasteiger charge is 2.51. The van der Waals surface area contributed by atoms with E-state index in [1.807, 2.05) is 11.8 Å². The molecule has 4 rings (SSSR count). The second-order valence-electron chi connectivity index (χ2n) is 9.58. The number of amides is 2. The molecule has 0 N–H and O–H groups in total. The van der Waals surface area contributed by atoms with Crippen molar-refractivity contribution in [2.24, 2.45) is 11.3 Å². The van der Waals surface area contributed by atoms with Crippen molar-refractivity contribution >= 4 is 12.0 Å². The largest absolute Gasteiger partial charge is 0.450 e. The number of carbonyl (C=O) groups is 2. The zero-order valence-corrected chi connectivity index (χ0v) is 17.7. The van der Waals surface area contributed by atoms with Crippen LogP contribution in [0.5, 0.6) is 0 Å². The molecule has 3 heterocycles. The maximum atomic E-state index is 12.0. The average Bonchev–Trinajstić information content (AvgIpc) is 3.13. The molecule has 1 spiro atoms. The van der Waals surface area contributed by atoms with Gasteiger partial charge in [-0.15, -0.1) is 0 Å². The van der Waals surface area contributed by atoms with Gasteiger partial charge in [0.1, 0.15) is 0 Å². The van der Waals surface area contributed by atoms with Gasteiger partial charge >= 0.3 is 6.09 Å². The Labute approximate surface area is 169 Å². The maximum absolute atomic E-state index is 12.0. The van der Waals surface area contributed by atoms with Gasteiger partial charge < -0.3 is 19.4 Å². The molecule has 1 atom stereocenters. The predicted molar refractivity (Wildman–Crippen MR) is 108 cm³/mol. The summed E-state index contributed by atoms with van der Waals surface area (Å²) in [5, 5.41) is 0. The summed E-state index contributed by atoms with van der Waals surface area (Å²) < 4.78 is 5.17. The molecule has 6 heteroatoms. The number of rotatable bonds is 3. The molecule has 3 saturated heterocycles. The van der Waals surface area contributed by atoms with Gasteiger partial charge in [-0.3, -0.25) is 4.79 Å². The number of hydrogen-bond donors (Lipinski definition) is 0. The SMILES string of the molecule is CCOC(=O)N1CCC2(CC(N3CCC(C4CCCCN4C(C)=O)CC3)C2)C1. The quantitative estimate of drug-likeness (QED) is 0.742. The molecule has 0 aromatic heterocycles. The summed E-state index contributed by atoms with van der Waals surface area (Å²) in [6, 6.07) is 1.17. The lowest BCUT2D eigenvalue weighted by Crippen LogP contribution is -2.56. The lowest BCUT2D eigenvalue weighted by Gasteiger charge is -2.52. The third kappa shape index (κ3) is 3.89. The molecular formula is C22H37N3O3. The molecule has 1 unspecified atom stereocenters. The Balaban J connectivity index is 1.24.